The molecule has 0 spiro atoms. The van der Waals surface area contributed by atoms with E-state index in [-0.39, 0.29) is 17.6 Å². The van der Waals surface area contributed by atoms with Crippen LogP contribution in [0.15, 0.2) is 24.3 Å². The van der Waals surface area contributed by atoms with E-state index in [9.17, 15) is 9.59 Å². The lowest BCUT2D eigenvalue weighted by atomic mass is 10.0. The summed E-state index contributed by atoms with van der Waals surface area (Å²) in [5, 5.41) is 14.7. The van der Waals surface area contributed by atoms with Gasteiger partial charge in [0.25, 0.3) is 5.91 Å². The lowest BCUT2D eigenvalue weighted by molar-refractivity contribution is -0.121. The molecule has 0 bridgehead atoms. The van der Waals surface area contributed by atoms with E-state index in [1.165, 1.54) is 25.0 Å². The van der Waals surface area contributed by atoms with E-state index >= 15 is 0 Å². The number of rotatable bonds is 6. The number of carbonyl (C=O) groups excluding carboxylic acids is 2. The molecule has 0 unspecified atom stereocenters. The molecule has 1 fully saturated rings. The van der Waals surface area contributed by atoms with Crippen molar-refractivity contribution in [1.82, 2.24) is 10.6 Å². The molecule has 0 aliphatic heterocycles. The smallest absolute Gasteiger partial charge is 0.251 e. The molecule has 1 aromatic carbocycles. The summed E-state index contributed by atoms with van der Waals surface area (Å²) in [6, 6.07) is 6.06. The molecular weight excluding hydrogens is 268 g/mol. The van der Waals surface area contributed by atoms with Gasteiger partial charge in [-0.25, -0.2) is 0 Å². The fraction of sp³-hybridized carbons (Fsp3) is 0.500. The fourth-order valence-electron chi connectivity index (χ4n) is 2.64. The van der Waals surface area contributed by atoms with Crippen molar-refractivity contribution < 1.29 is 14.7 Å². The predicted molar refractivity (Wildman–Crippen MR) is 80.0 cm³/mol. The Morgan fingerprint density at radius 3 is 2.33 bits per heavy atom. The van der Waals surface area contributed by atoms with Crippen LogP contribution in [0, 0.1) is 5.92 Å². The monoisotopic (exact) mass is 290 g/mol. The first kappa shape index (κ1) is 15.4. The van der Waals surface area contributed by atoms with Crippen LogP contribution in [0.3, 0.4) is 0 Å². The maximum atomic E-state index is 11.8. The first-order chi connectivity index (χ1) is 10.1. The summed E-state index contributed by atoms with van der Waals surface area (Å²) in [5.74, 6) is 0.531. The Morgan fingerprint density at radius 2 is 1.67 bits per heavy atom. The van der Waals surface area contributed by atoms with Gasteiger partial charge in [0.15, 0.2) is 0 Å². The average molecular weight is 290 g/mol. The molecule has 5 heteroatoms. The van der Waals surface area contributed by atoms with Crippen molar-refractivity contribution in [3.63, 3.8) is 0 Å². The second-order valence-electron chi connectivity index (χ2n) is 5.51. The zero-order valence-electron chi connectivity index (χ0n) is 12.1. The van der Waals surface area contributed by atoms with Crippen LogP contribution in [-0.4, -0.2) is 30.0 Å². The first-order valence-electron chi connectivity index (χ1n) is 7.49. The molecular formula is C16H22N2O3. The summed E-state index contributed by atoms with van der Waals surface area (Å²) in [4.78, 5) is 23.5. The molecule has 5 nitrogen and oxygen atoms in total. The van der Waals surface area contributed by atoms with Crippen molar-refractivity contribution in [1.29, 1.82) is 0 Å². The Labute approximate surface area is 124 Å². The van der Waals surface area contributed by atoms with Gasteiger partial charge in [0.2, 0.25) is 5.91 Å². The van der Waals surface area contributed by atoms with Crippen molar-refractivity contribution in [2.24, 2.45) is 5.92 Å². The second kappa shape index (κ2) is 7.67. The molecule has 0 heterocycles. The topological polar surface area (TPSA) is 78.4 Å². The van der Waals surface area contributed by atoms with Crippen LogP contribution in [0.5, 0.6) is 5.75 Å². The van der Waals surface area contributed by atoms with E-state index in [2.05, 4.69) is 10.6 Å². The maximum absolute atomic E-state index is 11.8. The minimum absolute atomic E-state index is 0.0702. The normalized spacial score (nSPS) is 14.9. The van der Waals surface area contributed by atoms with Crippen LogP contribution >= 0.6 is 0 Å². The Balaban J connectivity index is 1.61. The third-order valence-electron chi connectivity index (χ3n) is 3.81. The molecule has 1 aliphatic carbocycles. The van der Waals surface area contributed by atoms with Crippen LogP contribution in [0.25, 0.3) is 0 Å². The number of benzene rings is 1. The quantitative estimate of drug-likeness (QED) is 0.699. The van der Waals surface area contributed by atoms with E-state index in [4.69, 9.17) is 5.11 Å². The number of nitrogens with one attached hydrogen (secondary N) is 2. The summed E-state index contributed by atoms with van der Waals surface area (Å²) in [6.45, 7) is 0.839. The van der Waals surface area contributed by atoms with Gasteiger partial charge in [-0.2, -0.15) is 0 Å². The maximum Gasteiger partial charge on any atom is 0.251 e. The van der Waals surface area contributed by atoms with Gasteiger partial charge in [-0.05, 0) is 43.0 Å². The molecule has 0 radical (unpaired) electrons. The average Bonchev–Trinajstić information content (AvgIpc) is 2.97. The Bertz CT molecular complexity index is 479. The molecule has 0 atom stereocenters. The van der Waals surface area contributed by atoms with Crippen LogP contribution in [0.1, 0.15) is 42.5 Å². The molecule has 1 aromatic rings. The van der Waals surface area contributed by atoms with Gasteiger partial charge < -0.3 is 15.7 Å². The highest BCUT2D eigenvalue weighted by molar-refractivity contribution is 5.94. The largest absolute Gasteiger partial charge is 0.508 e. The van der Waals surface area contributed by atoms with Gasteiger partial charge >= 0.3 is 0 Å². The predicted octanol–water partition coefficient (Wildman–Crippen LogP) is 1.82. The SMILES string of the molecule is O=C(CC1CCCC1)NCCNC(=O)c1ccc(O)cc1. The fourth-order valence-corrected chi connectivity index (χ4v) is 2.64. The Hall–Kier alpha value is -2.04. The number of phenols is 1. The van der Waals surface area contributed by atoms with Crippen molar-refractivity contribution >= 4 is 11.8 Å². The van der Waals surface area contributed by atoms with Crippen molar-refractivity contribution in [3.8, 4) is 5.75 Å². The van der Waals surface area contributed by atoms with E-state index in [0.29, 0.717) is 31.0 Å². The first-order valence-corrected chi connectivity index (χ1v) is 7.49. The number of amides is 2. The Kier molecular flexibility index (Phi) is 5.60. The van der Waals surface area contributed by atoms with E-state index < -0.39 is 0 Å². The highest BCUT2D eigenvalue weighted by Crippen LogP contribution is 2.27. The minimum Gasteiger partial charge on any atom is -0.508 e. The van der Waals surface area contributed by atoms with E-state index in [0.717, 1.165) is 12.8 Å². The third-order valence-corrected chi connectivity index (χ3v) is 3.81. The van der Waals surface area contributed by atoms with Gasteiger partial charge in [0.1, 0.15) is 5.75 Å². The number of hydrogen-bond acceptors (Lipinski definition) is 3. The second-order valence-corrected chi connectivity index (χ2v) is 5.51. The molecule has 21 heavy (non-hydrogen) atoms. The standard InChI is InChI=1S/C16H22N2O3/c19-14-7-5-13(6-8-14)16(21)18-10-9-17-15(20)11-12-3-1-2-4-12/h5-8,12,19H,1-4,9-11H2,(H,17,20)(H,18,21). The van der Waals surface area contributed by atoms with Crippen LogP contribution in [-0.2, 0) is 4.79 Å². The summed E-state index contributed by atoms with van der Waals surface area (Å²) in [6.07, 6.45) is 5.39. The van der Waals surface area contributed by atoms with Gasteiger partial charge in [-0.3, -0.25) is 9.59 Å². The van der Waals surface area contributed by atoms with Crippen molar-refractivity contribution in [3.05, 3.63) is 29.8 Å². The van der Waals surface area contributed by atoms with Gasteiger partial charge in [-0.15, -0.1) is 0 Å². The van der Waals surface area contributed by atoms with Gasteiger partial charge in [0.05, 0.1) is 0 Å². The summed E-state index contributed by atoms with van der Waals surface area (Å²) >= 11 is 0. The molecule has 1 saturated carbocycles. The molecule has 1 aliphatic rings. The molecule has 0 aromatic heterocycles. The van der Waals surface area contributed by atoms with E-state index in [1.807, 2.05) is 0 Å². The number of phenolic OH excluding ortho intramolecular Hbond substituents is 1. The summed E-state index contributed by atoms with van der Waals surface area (Å²) < 4.78 is 0. The summed E-state index contributed by atoms with van der Waals surface area (Å²) in [7, 11) is 0. The molecule has 2 amide bonds. The molecule has 114 valence electrons. The van der Waals surface area contributed by atoms with Crippen LogP contribution in [0.2, 0.25) is 0 Å². The molecule has 3 N–H and O–H groups in total. The molecule has 2 rings (SSSR count). The highest BCUT2D eigenvalue weighted by Gasteiger charge is 2.17. The minimum atomic E-state index is -0.208. The number of hydrogen-bond donors (Lipinski definition) is 3. The van der Waals surface area contributed by atoms with Gasteiger partial charge in [-0.1, -0.05) is 12.8 Å². The Morgan fingerprint density at radius 1 is 1.05 bits per heavy atom. The lowest BCUT2D eigenvalue weighted by Crippen LogP contribution is -2.35. The number of carbonyl (C=O) groups is 2. The summed E-state index contributed by atoms with van der Waals surface area (Å²) in [5.41, 5.74) is 0.491. The number of aromatic hydroxyl groups is 1. The molecule has 0 saturated heterocycles. The van der Waals surface area contributed by atoms with Crippen molar-refractivity contribution in [2.45, 2.75) is 32.1 Å². The lowest BCUT2D eigenvalue weighted by Gasteiger charge is -2.10. The van der Waals surface area contributed by atoms with Crippen LogP contribution < -0.4 is 10.6 Å². The zero-order chi connectivity index (χ0) is 15.1. The zero-order valence-corrected chi connectivity index (χ0v) is 12.1. The highest BCUT2D eigenvalue weighted by atomic mass is 16.3. The van der Waals surface area contributed by atoms with Crippen molar-refractivity contribution in [2.75, 3.05) is 13.1 Å². The third kappa shape index (κ3) is 5.10. The van der Waals surface area contributed by atoms with E-state index in [1.54, 1.807) is 12.1 Å². The van der Waals surface area contributed by atoms with Crippen LogP contribution in [0.4, 0.5) is 0 Å². The van der Waals surface area contributed by atoms with Gasteiger partial charge in [0, 0.05) is 25.1 Å².